The van der Waals surface area contributed by atoms with Crippen LogP contribution in [0.25, 0.3) is 10.9 Å². The molecule has 1 atom stereocenters. The van der Waals surface area contributed by atoms with Gasteiger partial charge in [0.25, 0.3) is 0 Å². The Bertz CT molecular complexity index is 1310. The monoisotopic (exact) mass is 551 g/mol. The van der Waals surface area contributed by atoms with E-state index < -0.39 is 46.5 Å². The van der Waals surface area contributed by atoms with Crippen molar-refractivity contribution < 1.29 is 36.6 Å². The van der Waals surface area contributed by atoms with E-state index in [9.17, 15) is 27.5 Å². The molecule has 2 heterocycles. The zero-order valence-electron chi connectivity index (χ0n) is 21.5. The van der Waals surface area contributed by atoms with Crippen LogP contribution >= 0.6 is 0 Å². The Hall–Kier alpha value is -3.47. The number of piperidine rings is 1. The second-order valence-electron chi connectivity index (χ2n) is 9.99. The molecule has 0 radical (unpaired) electrons. The number of ether oxygens (including phenoxy) is 1. The highest BCUT2D eigenvalue weighted by Crippen LogP contribution is 2.43. The fourth-order valence-electron chi connectivity index (χ4n) is 5.33. The Morgan fingerprint density at radius 3 is 2.46 bits per heavy atom. The first-order valence-corrected chi connectivity index (χ1v) is 12.7. The summed E-state index contributed by atoms with van der Waals surface area (Å²) < 4.78 is 76.3. The molecule has 0 aliphatic carbocycles. The molecule has 1 aliphatic rings. The van der Waals surface area contributed by atoms with Crippen molar-refractivity contribution >= 4 is 22.6 Å². The van der Waals surface area contributed by atoms with Crippen molar-refractivity contribution in [3.63, 3.8) is 0 Å². The number of fused-ring (bicyclic) bond motifs is 1. The maximum absolute atomic E-state index is 15.6. The van der Waals surface area contributed by atoms with Crippen molar-refractivity contribution in [2.24, 2.45) is 5.41 Å². The lowest BCUT2D eigenvalue weighted by molar-refractivity contribution is -0.141. The molecule has 0 unspecified atom stereocenters. The van der Waals surface area contributed by atoms with E-state index >= 15 is 4.39 Å². The zero-order valence-corrected chi connectivity index (χ0v) is 21.5. The summed E-state index contributed by atoms with van der Waals surface area (Å²) >= 11 is 0. The third-order valence-corrected chi connectivity index (χ3v) is 7.49. The number of rotatable bonds is 11. The Labute approximate surface area is 222 Å². The van der Waals surface area contributed by atoms with Gasteiger partial charge in [0.05, 0.1) is 25.2 Å². The molecule has 0 spiro atoms. The number of hydrogen-bond donors (Lipinski definition) is 2. The number of anilines is 1. The topological polar surface area (TPSA) is 74.7 Å². The number of carboxylic acids is 1. The Morgan fingerprint density at radius 1 is 1.13 bits per heavy atom. The van der Waals surface area contributed by atoms with Crippen molar-refractivity contribution in [1.29, 1.82) is 0 Å². The molecule has 0 bridgehead atoms. The van der Waals surface area contributed by atoms with Crippen LogP contribution in [0.5, 0.6) is 5.75 Å². The average molecular weight is 552 g/mol. The number of aromatic nitrogens is 1. The molecule has 1 fully saturated rings. The fraction of sp³-hybridized carbons (Fsp3) is 0.429. The van der Waals surface area contributed by atoms with Crippen LogP contribution in [0.15, 0.2) is 36.5 Å². The summed E-state index contributed by atoms with van der Waals surface area (Å²) in [6, 6.07) is 6.02. The van der Waals surface area contributed by atoms with Crippen LogP contribution < -0.4 is 10.1 Å². The molecule has 2 N–H and O–H groups in total. The number of alkyl halides is 1. The first-order valence-electron chi connectivity index (χ1n) is 12.7. The van der Waals surface area contributed by atoms with Crippen LogP contribution in [0.3, 0.4) is 0 Å². The van der Waals surface area contributed by atoms with Gasteiger partial charge in [-0.3, -0.25) is 9.78 Å². The van der Waals surface area contributed by atoms with Gasteiger partial charge < -0.3 is 20.1 Å². The molecule has 1 aliphatic heterocycles. The molecule has 210 valence electrons. The number of likely N-dealkylation sites (tertiary alicyclic amines) is 1. The zero-order chi connectivity index (χ0) is 28.2. The number of halogens is 5. The summed E-state index contributed by atoms with van der Waals surface area (Å²) in [6.07, 6.45) is 0.287. The highest BCUT2D eigenvalue weighted by Gasteiger charge is 2.37. The van der Waals surface area contributed by atoms with Crippen molar-refractivity contribution in [2.75, 3.05) is 38.6 Å². The van der Waals surface area contributed by atoms with Crippen LogP contribution in [0.4, 0.5) is 27.6 Å². The summed E-state index contributed by atoms with van der Waals surface area (Å²) in [5, 5.41) is 12.5. The van der Waals surface area contributed by atoms with E-state index in [1.165, 1.54) is 13.2 Å². The fourth-order valence-corrected chi connectivity index (χ4v) is 5.33. The first-order chi connectivity index (χ1) is 18.6. The third-order valence-electron chi connectivity index (χ3n) is 7.49. The molecule has 2 aromatic carbocycles. The quantitative estimate of drug-likeness (QED) is 0.274. The number of nitrogens with zero attached hydrogens (tertiary/aromatic N) is 2. The maximum atomic E-state index is 15.6. The molecule has 1 saturated heterocycles. The molecule has 0 saturated carbocycles. The van der Waals surface area contributed by atoms with Gasteiger partial charge in [-0.25, -0.2) is 22.0 Å². The number of hydrogen-bond acceptors (Lipinski definition) is 5. The molecule has 0 amide bonds. The van der Waals surface area contributed by atoms with E-state index in [1.807, 2.05) is 4.90 Å². The van der Waals surface area contributed by atoms with Gasteiger partial charge in [0, 0.05) is 36.2 Å². The van der Waals surface area contributed by atoms with Crippen molar-refractivity contribution in [1.82, 2.24) is 9.88 Å². The molecule has 6 nitrogen and oxygen atoms in total. The second kappa shape index (κ2) is 12.1. The van der Waals surface area contributed by atoms with Gasteiger partial charge in [0.1, 0.15) is 29.2 Å². The Morgan fingerprint density at radius 2 is 1.82 bits per heavy atom. The van der Waals surface area contributed by atoms with Gasteiger partial charge in [0.15, 0.2) is 11.6 Å². The van der Waals surface area contributed by atoms with Gasteiger partial charge in [0.2, 0.25) is 0 Å². The van der Waals surface area contributed by atoms with Crippen LogP contribution in [0.1, 0.15) is 43.8 Å². The van der Waals surface area contributed by atoms with Gasteiger partial charge in [-0.2, -0.15) is 0 Å². The number of carbonyl (C=O) groups is 1. The summed E-state index contributed by atoms with van der Waals surface area (Å²) in [7, 11) is 1.46. The number of aliphatic carboxylic acids is 1. The van der Waals surface area contributed by atoms with Crippen LogP contribution in [-0.4, -0.2) is 54.2 Å². The van der Waals surface area contributed by atoms with Crippen molar-refractivity contribution in [3.8, 4) is 5.75 Å². The smallest absolute Gasteiger partial charge is 0.303 e. The van der Waals surface area contributed by atoms with Gasteiger partial charge >= 0.3 is 5.97 Å². The lowest BCUT2D eigenvalue weighted by Crippen LogP contribution is -2.43. The minimum absolute atomic E-state index is 0.0643. The number of methoxy groups -OCH3 is 1. The number of nitrogens with one attached hydrogen (secondary N) is 1. The van der Waals surface area contributed by atoms with E-state index in [0.29, 0.717) is 61.3 Å². The largest absolute Gasteiger partial charge is 0.497 e. The van der Waals surface area contributed by atoms with E-state index in [0.717, 1.165) is 6.20 Å². The second-order valence-corrected chi connectivity index (χ2v) is 9.99. The molecular weight excluding hydrogens is 521 g/mol. The third kappa shape index (κ3) is 6.76. The van der Waals surface area contributed by atoms with E-state index in [4.69, 9.17) is 4.74 Å². The van der Waals surface area contributed by atoms with Crippen molar-refractivity contribution in [2.45, 2.75) is 38.3 Å². The molecule has 1 aromatic heterocycles. The van der Waals surface area contributed by atoms with E-state index in [1.54, 1.807) is 12.1 Å². The average Bonchev–Trinajstić information content (AvgIpc) is 2.89. The highest BCUT2D eigenvalue weighted by atomic mass is 19.2. The minimum Gasteiger partial charge on any atom is -0.497 e. The standard InChI is InChI=1S/C28H30F5N3O3/c1-39-18-2-3-24-19(14-18)26(23(33)16-35-24)20(30)4-5-28(15-25(37)38)6-9-36(10-7-28)11-8-34-27-21(31)12-17(29)13-22(27)32/h2-3,12-14,16,20,34H,4-11,15H2,1H3,(H,37,38)/t20-/m0/s1. The SMILES string of the molecule is COc1ccc2ncc(F)c([C@@H](F)CCC3(CC(=O)O)CCN(CCNc4c(F)cc(F)cc4F)CC3)c2c1. The van der Waals surface area contributed by atoms with Gasteiger partial charge in [-0.05, 0) is 62.4 Å². The lowest BCUT2D eigenvalue weighted by atomic mass is 9.71. The predicted molar refractivity (Wildman–Crippen MR) is 137 cm³/mol. The minimum atomic E-state index is -1.67. The van der Waals surface area contributed by atoms with E-state index in [2.05, 4.69) is 10.3 Å². The van der Waals surface area contributed by atoms with Crippen LogP contribution in [0.2, 0.25) is 0 Å². The predicted octanol–water partition coefficient (Wildman–Crippen LogP) is 6.26. The van der Waals surface area contributed by atoms with Gasteiger partial charge in [-0.1, -0.05) is 0 Å². The summed E-state index contributed by atoms with van der Waals surface area (Å²) in [6.45, 7) is 1.62. The number of carboxylic acid groups (broad SMARTS) is 1. The lowest BCUT2D eigenvalue weighted by Gasteiger charge is -2.41. The normalized spacial score (nSPS) is 16.3. The maximum Gasteiger partial charge on any atom is 0.303 e. The summed E-state index contributed by atoms with van der Waals surface area (Å²) in [4.78, 5) is 17.7. The van der Waals surface area contributed by atoms with Crippen LogP contribution in [0, 0.1) is 28.7 Å². The first kappa shape index (κ1) is 28.5. The molecule has 11 heteroatoms. The highest BCUT2D eigenvalue weighted by molar-refractivity contribution is 5.84. The summed E-state index contributed by atoms with van der Waals surface area (Å²) in [5.41, 5.74) is -0.770. The number of pyridine rings is 1. The van der Waals surface area contributed by atoms with Crippen LogP contribution in [-0.2, 0) is 4.79 Å². The molecule has 4 rings (SSSR count). The molecule has 39 heavy (non-hydrogen) atoms. The van der Waals surface area contributed by atoms with Gasteiger partial charge in [-0.15, -0.1) is 0 Å². The Kier molecular flexibility index (Phi) is 8.89. The Balaban J connectivity index is 1.39. The summed E-state index contributed by atoms with van der Waals surface area (Å²) in [5.74, 6) is -4.37. The number of benzene rings is 2. The van der Waals surface area contributed by atoms with Crippen molar-refractivity contribution in [3.05, 3.63) is 65.4 Å². The van der Waals surface area contributed by atoms with E-state index in [-0.39, 0.29) is 31.4 Å². The molecular formula is C28H30F5N3O3. The molecule has 3 aromatic rings.